The largest absolute Gasteiger partial charge is 0.466 e. The lowest BCUT2D eigenvalue weighted by atomic mass is 9.85. The molecule has 1 fully saturated rings. The first-order valence-electron chi connectivity index (χ1n) is 5.91. The van der Waals surface area contributed by atoms with E-state index < -0.39 is 0 Å². The second-order valence-corrected chi connectivity index (χ2v) is 5.53. The summed E-state index contributed by atoms with van der Waals surface area (Å²) in [6.07, 6.45) is 3.46. The molecule has 1 saturated heterocycles. The van der Waals surface area contributed by atoms with Crippen molar-refractivity contribution >= 4 is 17.7 Å². The van der Waals surface area contributed by atoms with Crippen molar-refractivity contribution in [2.24, 2.45) is 5.92 Å². The number of hydrogen-bond donors (Lipinski definition) is 1. The molecule has 0 aliphatic carbocycles. The SMILES string of the molecule is COC(=O)C1=C(C2CCSCC2)CCNC1. The molecule has 0 aromatic rings. The number of thioether (sulfide) groups is 1. The highest BCUT2D eigenvalue weighted by atomic mass is 32.2. The zero-order valence-electron chi connectivity index (χ0n) is 9.75. The Labute approximate surface area is 101 Å². The molecule has 0 bridgehead atoms. The molecule has 0 aromatic carbocycles. The highest BCUT2D eigenvalue weighted by Gasteiger charge is 2.26. The van der Waals surface area contributed by atoms with Gasteiger partial charge >= 0.3 is 5.97 Å². The van der Waals surface area contributed by atoms with E-state index in [1.54, 1.807) is 0 Å². The number of hydrogen-bond acceptors (Lipinski definition) is 4. The van der Waals surface area contributed by atoms with E-state index >= 15 is 0 Å². The zero-order valence-corrected chi connectivity index (χ0v) is 10.6. The molecule has 1 N–H and O–H groups in total. The number of rotatable bonds is 2. The van der Waals surface area contributed by atoms with Crippen molar-refractivity contribution in [1.29, 1.82) is 0 Å². The summed E-state index contributed by atoms with van der Waals surface area (Å²) in [5, 5.41) is 3.26. The van der Waals surface area contributed by atoms with Gasteiger partial charge in [-0.3, -0.25) is 0 Å². The smallest absolute Gasteiger partial charge is 0.335 e. The van der Waals surface area contributed by atoms with Gasteiger partial charge in [0.05, 0.1) is 12.7 Å². The van der Waals surface area contributed by atoms with Crippen LogP contribution in [0.2, 0.25) is 0 Å². The molecule has 0 atom stereocenters. The van der Waals surface area contributed by atoms with Crippen LogP contribution in [0, 0.1) is 5.92 Å². The molecule has 0 amide bonds. The van der Waals surface area contributed by atoms with Gasteiger partial charge in [-0.15, -0.1) is 0 Å². The molecular formula is C12H19NO2S. The molecule has 90 valence electrons. The number of methoxy groups -OCH3 is 1. The molecule has 0 spiro atoms. The Hall–Kier alpha value is -0.480. The summed E-state index contributed by atoms with van der Waals surface area (Å²) in [6, 6.07) is 0. The van der Waals surface area contributed by atoms with E-state index in [0.717, 1.165) is 18.5 Å². The molecule has 3 nitrogen and oxygen atoms in total. The number of carbonyl (C=O) groups is 1. The fourth-order valence-electron chi connectivity index (χ4n) is 2.52. The second kappa shape index (κ2) is 5.73. The first kappa shape index (κ1) is 12.0. The average molecular weight is 241 g/mol. The maximum Gasteiger partial charge on any atom is 0.335 e. The summed E-state index contributed by atoms with van der Waals surface area (Å²) in [5.74, 6) is 2.95. The van der Waals surface area contributed by atoms with Gasteiger partial charge < -0.3 is 10.1 Å². The van der Waals surface area contributed by atoms with E-state index in [1.807, 2.05) is 11.8 Å². The fraction of sp³-hybridized carbons (Fsp3) is 0.750. The zero-order chi connectivity index (χ0) is 11.4. The van der Waals surface area contributed by atoms with E-state index in [4.69, 9.17) is 4.74 Å². The minimum absolute atomic E-state index is 0.138. The van der Waals surface area contributed by atoms with Crippen molar-refractivity contribution < 1.29 is 9.53 Å². The Balaban J connectivity index is 2.17. The number of esters is 1. The molecular weight excluding hydrogens is 222 g/mol. The molecule has 0 unspecified atom stereocenters. The Bertz CT molecular complexity index is 295. The lowest BCUT2D eigenvalue weighted by molar-refractivity contribution is -0.136. The molecule has 2 aliphatic rings. The van der Waals surface area contributed by atoms with Crippen LogP contribution in [0.4, 0.5) is 0 Å². The molecule has 16 heavy (non-hydrogen) atoms. The maximum atomic E-state index is 11.7. The van der Waals surface area contributed by atoms with Crippen LogP contribution in [0.3, 0.4) is 0 Å². The van der Waals surface area contributed by atoms with Crippen LogP contribution in [-0.4, -0.2) is 37.7 Å². The van der Waals surface area contributed by atoms with Crippen LogP contribution in [0.1, 0.15) is 19.3 Å². The van der Waals surface area contributed by atoms with Gasteiger partial charge in [0.2, 0.25) is 0 Å². The van der Waals surface area contributed by atoms with Crippen LogP contribution >= 0.6 is 11.8 Å². The van der Waals surface area contributed by atoms with Crippen molar-refractivity contribution in [3.63, 3.8) is 0 Å². The summed E-state index contributed by atoms with van der Waals surface area (Å²) in [4.78, 5) is 11.7. The molecule has 2 rings (SSSR count). The van der Waals surface area contributed by atoms with Gasteiger partial charge in [-0.05, 0) is 43.2 Å². The molecule has 2 aliphatic heterocycles. The minimum atomic E-state index is -0.138. The van der Waals surface area contributed by atoms with Crippen molar-refractivity contribution in [2.45, 2.75) is 19.3 Å². The van der Waals surface area contributed by atoms with E-state index in [2.05, 4.69) is 5.32 Å². The van der Waals surface area contributed by atoms with Gasteiger partial charge in [0.1, 0.15) is 0 Å². The minimum Gasteiger partial charge on any atom is -0.466 e. The lowest BCUT2D eigenvalue weighted by Crippen LogP contribution is -2.32. The van der Waals surface area contributed by atoms with Gasteiger partial charge in [0.25, 0.3) is 0 Å². The maximum absolute atomic E-state index is 11.7. The third-order valence-electron chi connectivity index (χ3n) is 3.41. The second-order valence-electron chi connectivity index (χ2n) is 4.31. The molecule has 0 saturated carbocycles. The van der Waals surface area contributed by atoms with E-state index in [9.17, 15) is 4.79 Å². The first-order chi connectivity index (χ1) is 7.83. The first-order valence-corrected chi connectivity index (χ1v) is 7.07. The quantitative estimate of drug-likeness (QED) is 0.745. The Kier molecular flexibility index (Phi) is 4.29. The van der Waals surface area contributed by atoms with Crippen LogP contribution in [0.15, 0.2) is 11.1 Å². The number of ether oxygens (including phenoxy) is 1. The third-order valence-corrected chi connectivity index (χ3v) is 4.46. The van der Waals surface area contributed by atoms with Gasteiger partial charge in [0.15, 0.2) is 0 Å². The molecule has 0 radical (unpaired) electrons. The summed E-state index contributed by atoms with van der Waals surface area (Å²) >= 11 is 2.02. The van der Waals surface area contributed by atoms with Crippen LogP contribution in [-0.2, 0) is 9.53 Å². The molecule has 4 heteroatoms. The van der Waals surface area contributed by atoms with Gasteiger partial charge in [-0.1, -0.05) is 5.57 Å². The van der Waals surface area contributed by atoms with E-state index in [0.29, 0.717) is 12.5 Å². The Morgan fingerprint density at radius 2 is 2.19 bits per heavy atom. The standard InChI is InChI=1S/C12H19NO2S/c1-15-12(14)11-8-13-5-2-10(11)9-3-6-16-7-4-9/h9,13H,2-8H2,1H3. The highest BCUT2D eigenvalue weighted by molar-refractivity contribution is 7.99. The topological polar surface area (TPSA) is 38.3 Å². The number of nitrogens with one attached hydrogen (secondary N) is 1. The van der Waals surface area contributed by atoms with Crippen molar-refractivity contribution in [3.8, 4) is 0 Å². The lowest BCUT2D eigenvalue weighted by Gasteiger charge is -2.29. The highest BCUT2D eigenvalue weighted by Crippen LogP contribution is 2.33. The van der Waals surface area contributed by atoms with Crippen LogP contribution in [0.25, 0.3) is 0 Å². The van der Waals surface area contributed by atoms with E-state index in [1.165, 1.54) is 37.0 Å². The summed E-state index contributed by atoms with van der Waals surface area (Å²) < 4.78 is 4.87. The Morgan fingerprint density at radius 1 is 1.44 bits per heavy atom. The van der Waals surface area contributed by atoms with Crippen LogP contribution < -0.4 is 5.32 Å². The normalized spacial score (nSPS) is 23.3. The summed E-state index contributed by atoms with van der Waals surface area (Å²) in [5.41, 5.74) is 2.26. The van der Waals surface area contributed by atoms with E-state index in [-0.39, 0.29) is 5.97 Å². The average Bonchev–Trinajstić information content (AvgIpc) is 2.39. The van der Waals surface area contributed by atoms with Gasteiger partial charge in [-0.25, -0.2) is 4.79 Å². The number of carbonyl (C=O) groups excluding carboxylic acids is 1. The molecule has 2 heterocycles. The van der Waals surface area contributed by atoms with Crippen molar-refractivity contribution in [3.05, 3.63) is 11.1 Å². The van der Waals surface area contributed by atoms with Crippen LogP contribution in [0.5, 0.6) is 0 Å². The molecule has 0 aromatic heterocycles. The monoisotopic (exact) mass is 241 g/mol. The predicted octanol–water partition coefficient (Wildman–Crippen LogP) is 1.59. The Morgan fingerprint density at radius 3 is 2.88 bits per heavy atom. The summed E-state index contributed by atoms with van der Waals surface area (Å²) in [6.45, 7) is 1.69. The van der Waals surface area contributed by atoms with Crippen molar-refractivity contribution in [1.82, 2.24) is 5.32 Å². The fourth-order valence-corrected chi connectivity index (χ4v) is 3.63. The van der Waals surface area contributed by atoms with Crippen molar-refractivity contribution in [2.75, 3.05) is 31.7 Å². The third kappa shape index (κ3) is 2.61. The van der Waals surface area contributed by atoms with Gasteiger partial charge in [0, 0.05) is 6.54 Å². The summed E-state index contributed by atoms with van der Waals surface area (Å²) in [7, 11) is 1.47. The predicted molar refractivity (Wildman–Crippen MR) is 66.6 cm³/mol. The van der Waals surface area contributed by atoms with Gasteiger partial charge in [-0.2, -0.15) is 11.8 Å².